The van der Waals surface area contributed by atoms with Gasteiger partial charge in [-0.15, -0.1) is 0 Å². The minimum atomic E-state index is -0.406. The lowest BCUT2D eigenvalue weighted by Crippen LogP contribution is -2.42. The van der Waals surface area contributed by atoms with Gasteiger partial charge in [-0.3, -0.25) is 0 Å². The van der Waals surface area contributed by atoms with E-state index in [1.165, 1.54) is 24.0 Å². The van der Waals surface area contributed by atoms with E-state index in [4.69, 9.17) is 0 Å². The monoisotopic (exact) mass is 281 g/mol. The highest BCUT2D eigenvalue weighted by molar-refractivity contribution is 5.30. The van der Waals surface area contributed by atoms with Crippen molar-refractivity contribution in [1.29, 1.82) is 0 Å². The fourth-order valence-electron chi connectivity index (χ4n) is 2.73. The Balaban J connectivity index is 1.71. The number of rotatable bonds is 6. The predicted molar refractivity (Wildman–Crippen MR) is 86.1 cm³/mol. The van der Waals surface area contributed by atoms with E-state index in [-0.39, 0.29) is 6.61 Å². The van der Waals surface area contributed by atoms with E-state index in [0.717, 1.165) is 18.0 Å². The van der Waals surface area contributed by atoms with Crippen molar-refractivity contribution in [3.63, 3.8) is 0 Å². The lowest BCUT2D eigenvalue weighted by Gasteiger charge is -2.29. The van der Waals surface area contributed by atoms with Gasteiger partial charge in [-0.25, -0.2) is 0 Å². The third-order valence-corrected chi connectivity index (χ3v) is 4.41. The molecule has 2 nitrogen and oxygen atoms in total. The molecular formula is C19H23NO. The molecule has 0 bridgehead atoms. The number of aliphatic hydroxyl groups is 1. The van der Waals surface area contributed by atoms with Gasteiger partial charge in [0.2, 0.25) is 0 Å². The summed E-state index contributed by atoms with van der Waals surface area (Å²) < 4.78 is 0. The van der Waals surface area contributed by atoms with Gasteiger partial charge < -0.3 is 10.4 Å². The van der Waals surface area contributed by atoms with Crippen LogP contribution < -0.4 is 5.32 Å². The zero-order valence-electron chi connectivity index (χ0n) is 12.5. The third kappa shape index (κ3) is 3.34. The Morgan fingerprint density at radius 1 is 1.10 bits per heavy atom. The molecule has 1 unspecified atom stereocenters. The van der Waals surface area contributed by atoms with Gasteiger partial charge in [0.15, 0.2) is 0 Å². The highest BCUT2D eigenvalue weighted by atomic mass is 16.3. The molecule has 0 aliphatic heterocycles. The van der Waals surface area contributed by atoms with Gasteiger partial charge in [-0.1, -0.05) is 54.6 Å². The topological polar surface area (TPSA) is 32.3 Å². The Morgan fingerprint density at radius 2 is 1.86 bits per heavy atom. The molecule has 0 radical (unpaired) electrons. The van der Waals surface area contributed by atoms with Gasteiger partial charge in [-0.05, 0) is 42.4 Å². The summed E-state index contributed by atoms with van der Waals surface area (Å²) >= 11 is 0. The van der Waals surface area contributed by atoms with Crippen molar-refractivity contribution >= 4 is 0 Å². The molecule has 0 aromatic heterocycles. The Kier molecular flexibility index (Phi) is 4.09. The molecule has 1 atom stereocenters. The first-order valence-corrected chi connectivity index (χ1v) is 7.71. The SMILES string of the molecule is CC(CO)(NCc1cccc(C2CC2)c1)c1ccccc1. The van der Waals surface area contributed by atoms with Crippen LogP contribution >= 0.6 is 0 Å². The van der Waals surface area contributed by atoms with Gasteiger partial charge in [0.25, 0.3) is 0 Å². The predicted octanol–water partition coefficient (Wildman–Crippen LogP) is 3.56. The Morgan fingerprint density at radius 3 is 2.52 bits per heavy atom. The highest BCUT2D eigenvalue weighted by Crippen LogP contribution is 2.40. The molecule has 2 N–H and O–H groups in total. The third-order valence-electron chi connectivity index (χ3n) is 4.41. The zero-order chi connectivity index (χ0) is 14.7. The lowest BCUT2D eigenvalue weighted by molar-refractivity contribution is 0.173. The molecule has 110 valence electrons. The van der Waals surface area contributed by atoms with E-state index in [1.54, 1.807) is 0 Å². The number of benzene rings is 2. The van der Waals surface area contributed by atoms with Crippen LogP contribution in [-0.2, 0) is 12.1 Å². The second-order valence-corrected chi connectivity index (χ2v) is 6.23. The highest BCUT2D eigenvalue weighted by Gasteiger charge is 2.26. The summed E-state index contributed by atoms with van der Waals surface area (Å²) in [6.07, 6.45) is 2.66. The quantitative estimate of drug-likeness (QED) is 0.848. The fourth-order valence-corrected chi connectivity index (χ4v) is 2.73. The van der Waals surface area contributed by atoms with E-state index in [1.807, 2.05) is 25.1 Å². The first-order chi connectivity index (χ1) is 10.2. The summed E-state index contributed by atoms with van der Waals surface area (Å²) in [5, 5.41) is 13.3. The van der Waals surface area contributed by atoms with Crippen LogP contribution in [0, 0.1) is 0 Å². The van der Waals surface area contributed by atoms with E-state index >= 15 is 0 Å². The van der Waals surface area contributed by atoms with Gasteiger partial charge in [0.05, 0.1) is 12.1 Å². The first kappa shape index (κ1) is 14.3. The zero-order valence-corrected chi connectivity index (χ0v) is 12.5. The minimum absolute atomic E-state index is 0.0827. The van der Waals surface area contributed by atoms with Gasteiger partial charge in [0.1, 0.15) is 0 Å². The Hall–Kier alpha value is -1.64. The number of nitrogens with one attached hydrogen (secondary N) is 1. The molecule has 0 heterocycles. The molecule has 3 rings (SSSR count). The minimum Gasteiger partial charge on any atom is -0.394 e. The van der Waals surface area contributed by atoms with Crippen LogP contribution in [0.15, 0.2) is 54.6 Å². The molecule has 0 amide bonds. The van der Waals surface area contributed by atoms with Gasteiger partial charge >= 0.3 is 0 Å². The maximum Gasteiger partial charge on any atom is 0.0652 e. The number of aliphatic hydroxyl groups excluding tert-OH is 1. The van der Waals surface area contributed by atoms with E-state index in [9.17, 15) is 5.11 Å². The van der Waals surface area contributed by atoms with E-state index in [2.05, 4.69) is 41.7 Å². The molecule has 21 heavy (non-hydrogen) atoms. The second-order valence-electron chi connectivity index (χ2n) is 6.23. The Bertz CT molecular complexity index is 592. The molecule has 1 aliphatic carbocycles. The van der Waals surface area contributed by atoms with Crippen molar-refractivity contribution in [2.75, 3.05) is 6.61 Å². The van der Waals surface area contributed by atoms with Crippen LogP contribution in [0.3, 0.4) is 0 Å². The molecule has 2 aromatic rings. The summed E-state index contributed by atoms with van der Waals surface area (Å²) in [4.78, 5) is 0. The summed E-state index contributed by atoms with van der Waals surface area (Å²) in [7, 11) is 0. The molecule has 1 saturated carbocycles. The lowest BCUT2D eigenvalue weighted by atomic mass is 9.92. The maximum atomic E-state index is 9.81. The molecule has 0 saturated heterocycles. The van der Waals surface area contributed by atoms with Crippen molar-refractivity contribution in [2.24, 2.45) is 0 Å². The smallest absolute Gasteiger partial charge is 0.0652 e. The van der Waals surface area contributed by atoms with Crippen molar-refractivity contribution in [1.82, 2.24) is 5.32 Å². The van der Waals surface area contributed by atoms with Crippen LogP contribution in [0.4, 0.5) is 0 Å². The summed E-state index contributed by atoms with van der Waals surface area (Å²) in [5.74, 6) is 0.781. The molecule has 1 aliphatic rings. The standard InChI is InChI=1S/C19H23NO/c1-19(14-21,18-8-3-2-4-9-18)20-13-15-6-5-7-17(12-15)16-10-11-16/h2-9,12,16,20-21H,10-11,13-14H2,1H3. The normalized spacial score (nSPS) is 17.4. The van der Waals surface area contributed by atoms with Crippen LogP contribution in [-0.4, -0.2) is 11.7 Å². The Labute approximate surface area is 126 Å². The average molecular weight is 281 g/mol. The molecule has 2 heteroatoms. The van der Waals surface area contributed by atoms with Crippen molar-refractivity contribution < 1.29 is 5.11 Å². The second kappa shape index (κ2) is 6.00. The molecular weight excluding hydrogens is 258 g/mol. The van der Waals surface area contributed by atoms with Crippen LogP contribution in [0.1, 0.15) is 42.4 Å². The summed E-state index contributed by atoms with van der Waals surface area (Å²) in [6.45, 7) is 2.90. The average Bonchev–Trinajstić information content (AvgIpc) is 3.39. The van der Waals surface area contributed by atoms with Crippen LogP contribution in [0.2, 0.25) is 0 Å². The van der Waals surface area contributed by atoms with Crippen molar-refractivity contribution in [3.05, 3.63) is 71.3 Å². The van der Waals surface area contributed by atoms with E-state index in [0.29, 0.717) is 0 Å². The van der Waals surface area contributed by atoms with Crippen molar-refractivity contribution in [2.45, 2.75) is 37.8 Å². The van der Waals surface area contributed by atoms with E-state index < -0.39 is 5.54 Å². The first-order valence-electron chi connectivity index (χ1n) is 7.71. The largest absolute Gasteiger partial charge is 0.394 e. The molecule has 1 fully saturated rings. The van der Waals surface area contributed by atoms with Crippen molar-refractivity contribution in [3.8, 4) is 0 Å². The fraction of sp³-hybridized carbons (Fsp3) is 0.368. The maximum absolute atomic E-state index is 9.81. The number of hydrogen-bond acceptors (Lipinski definition) is 2. The van der Waals surface area contributed by atoms with Gasteiger partial charge in [-0.2, -0.15) is 0 Å². The van der Waals surface area contributed by atoms with Crippen LogP contribution in [0.25, 0.3) is 0 Å². The molecule has 2 aromatic carbocycles. The number of hydrogen-bond donors (Lipinski definition) is 2. The van der Waals surface area contributed by atoms with Gasteiger partial charge in [0, 0.05) is 6.54 Å². The molecule has 0 spiro atoms. The summed E-state index contributed by atoms with van der Waals surface area (Å²) in [6, 6.07) is 19.0. The van der Waals surface area contributed by atoms with Crippen LogP contribution in [0.5, 0.6) is 0 Å². The summed E-state index contributed by atoms with van der Waals surface area (Å²) in [5.41, 5.74) is 3.46.